The van der Waals surface area contributed by atoms with E-state index in [0.29, 0.717) is 12.4 Å². The van der Waals surface area contributed by atoms with E-state index in [1.807, 2.05) is 32.0 Å². The number of nitrogens with two attached hydrogens (primary N) is 1. The number of amides is 2. The fourth-order valence-electron chi connectivity index (χ4n) is 2.27. The predicted molar refractivity (Wildman–Crippen MR) is 96.8 cm³/mol. The molecule has 7 nitrogen and oxygen atoms in total. The molecule has 134 valence electrons. The molecule has 2 aromatic rings. The largest absolute Gasteiger partial charge is 0.346 e. The molecule has 0 saturated heterocycles. The quantitative estimate of drug-likeness (QED) is 0.669. The molecular formula is C18H25N5O2. The van der Waals surface area contributed by atoms with E-state index < -0.39 is 6.04 Å². The summed E-state index contributed by atoms with van der Waals surface area (Å²) in [7, 11) is 0. The average Bonchev–Trinajstić information content (AvgIpc) is 3.05. The van der Waals surface area contributed by atoms with Crippen LogP contribution in [0, 0.1) is 5.92 Å². The van der Waals surface area contributed by atoms with Crippen molar-refractivity contribution < 1.29 is 9.59 Å². The Morgan fingerprint density at radius 1 is 1.20 bits per heavy atom. The van der Waals surface area contributed by atoms with E-state index in [1.165, 1.54) is 5.56 Å². The Balaban J connectivity index is 1.83. The van der Waals surface area contributed by atoms with Crippen molar-refractivity contribution >= 4 is 17.6 Å². The van der Waals surface area contributed by atoms with Crippen molar-refractivity contribution in [3.8, 4) is 0 Å². The molecular weight excluding hydrogens is 318 g/mol. The molecule has 0 fully saturated rings. The second-order valence-electron chi connectivity index (χ2n) is 6.21. The summed E-state index contributed by atoms with van der Waals surface area (Å²) in [4.78, 5) is 23.8. The summed E-state index contributed by atoms with van der Waals surface area (Å²) in [6, 6.07) is 11.2. The number of rotatable bonds is 8. The molecule has 0 aliphatic rings. The van der Waals surface area contributed by atoms with Gasteiger partial charge in [-0.3, -0.25) is 9.59 Å². The second kappa shape index (κ2) is 8.98. The molecule has 0 unspecified atom stereocenters. The lowest BCUT2D eigenvalue weighted by Gasteiger charge is -2.15. The minimum Gasteiger partial charge on any atom is -0.346 e. The van der Waals surface area contributed by atoms with E-state index in [1.54, 1.807) is 16.9 Å². The Bertz CT molecular complexity index is 697. The SMILES string of the molecule is CC(C)[C@H](N)C(=O)NCC(=O)Nc1ccnn1CCc1ccccc1. The van der Waals surface area contributed by atoms with Gasteiger partial charge < -0.3 is 16.4 Å². The number of hydrogen-bond acceptors (Lipinski definition) is 4. The van der Waals surface area contributed by atoms with Crippen LogP contribution in [0.3, 0.4) is 0 Å². The number of anilines is 1. The monoisotopic (exact) mass is 343 g/mol. The summed E-state index contributed by atoms with van der Waals surface area (Å²) in [6.07, 6.45) is 2.44. The highest BCUT2D eigenvalue weighted by Crippen LogP contribution is 2.08. The fraction of sp³-hybridized carbons (Fsp3) is 0.389. The van der Waals surface area contributed by atoms with Gasteiger partial charge in [-0.05, 0) is 17.9 Å². The first kappa shape index (κ1) is 18.7. The molecule has 1 atom stereocenters. The van der Waals surface area contributed by atoms with Gasteiger partial charge in [0.25, 0.3) is 0 Å². The van der Waals surface area contributed by atoms with Gasteiger partial charge in [-0.1, -0.05) is 44.2 Å². The van der Waals surface area contributed by atoms with Crippen LogP contribution in [0.15, 0.2) is 42.6 Å². The van der Waals surface area contributed by atoms with Crippen LogP contribution in [0.4, 0.5) is 5.82 Å². The number of carbonyl (C=O) groups excluding carboxylic acids is 2. The van der Waals surface area contributed by atoms with Crippen molar-refractivity contribution in [2.24, 2.45) is 11.7 Å². The summed E-state index contributed by atoms with van der Waals surface area (Å²) in [5, 5.41) is 9.53. The number of nitrogens with one attached hydrogen (secondary N) is 2. The molecule has 0 bridgehead atoms. The van der Waals surface area contributed by atoms with Gasteiger partial charge in [-0.2, -0.15) is 5.10 Å². The Labute approximate surface area is 147 Å². The van der Waals surface area contributed by atoms with Crippen LogP contribution < -0.4 is 16.4 Å². The molecule has 1 heterocycles. The van der Waals surface area contributed by atoms with Crippen molar-refractivity contribution in [2.75, 3.05) is 11.9 Å². The maximum absolute atomic E-state index is 12.0. The van der Waals surface area contributed by atoms with Crippen LogP contribution in [0.1, 0.15) is 19.4 Å². The lowest BCUT2D eigenvalue weighted by Crippen LogP contribution is -2.46. The van der Waals surface area contributed by atoms with Crippen molar-refractivity contribution in [1.82, 2.24) is 15.1 Å². The molecule has 1 aromatic heterocycles. The Morgan fingerprint density at radius 3 is 2.60 bits per heavy atom. The summed E-state index contributed by atoms with van der Waals surface area (Å²) in [5.74, 6) is -0.0284. The first-order valence-electron chi connectivity index (χ1n) is 8.36. The summed E-state index contributed by atoms with van der Waals surface area (Å²) < 4.78 is 1.73. The highest BCUT2D eigenvalue weighted by molar-refractivity contribution is 5.94. The Kier molecular flexibility index (Phi) is 6.71. The highest BCUT2D eigenvalue weighted by Gasteiger charge is 2.17. The summed E-state index contributed by atoms with van der Waals surface area (Å²) in [5.41, 5.74) is 6.94. The van der Waals surface area contributed by atoms with E-state index in [4.69, 9.17) is 5.73 Å². The van der Waals surface area contributed by atoms with E-state index in [9.17, 15) is 9.59 Å². The second-order valence-corrected chi connectivity index (χ2v) is 6.21. The van der Waals surface area contributed by atoms with Gasteiger partial charge in [0.15, 0.2) is 0 Å². The molecule has 0 radical (unpaired) electrons. The van der Waals surface area contributed by atoms with E-state index in [2.05, 4.69) is 27.9 Å². The van der Waals surface area contributed by atoms with Crippen molar-refractivity contribution in [2.45, 2.75) is 32.9 Å². The van der Waals surface area contributed by atoms with E-state index in [0.717, 1.165) is 6.42 Å². The van der Waals surface area contributed by atoms with Gasteiger partial charge in [0.1, 0.15) is 5.82 Å². The van der Waals surface area contributed by atoms with Crippen LogP contribution in [-0.4, -0.2) is 34.2 Å². The molecule has 25 heavy (non-hydrogen) atoms. The predicted octanol–water partition coefficient (Wildman–Crippen LogP) is 1.16. The van der Waals surface area contributed by atoms with Crippen molar-refractivity contribution in [3.63, 3.8) is 0 Å². The molecule has 7 heteroatoms. The molecule has 2 amide bonds. The van der Waals surface area contributed by atoms with Crippen LogP contribution in [0.25, 0.3) is 0 Å². The van der Waals surface area contributed by atoms with Gasteiger partial charge >= 0.3 is 0 Å². The molecule has 0 spiro atoms. The highest BCUT2D eigenvalue weighted by atomic mass is 16.2. The molecule has 1 aromatic carbocycles. The van der Waals surface area contributed by atoms with Gasteiger partial charge in [-0.25, -0.2) is 4.68 Å². The lowest BCUT2D eigenvalue weighted by atomic mass is 10.1. The molecule has 2 rings (SSSR count). The van der Waals surface area contributed by atoms with Crippen LogP contribution in [-0.2, 0) is 22.6 Å². The minimum absolute atomic E-state index is 0.0162. The average molecular weight is 343 g/mol. The standard InChI is InChI=1S/C18H25N5O2/c1-13(2)17(19)18(25)20-12-16(24)22-15-8-10-21-23(15)11-9-14-6-4-3-5-7-14/h3-8,10,13,17H,9,11-12,19H2,1-2H3,(H,20,25)(H,22,24)/t17-/m0/s1. The summed E-state index contributed by atoms with van der Waals surface area (Å²) >= 11 is 0. The molecule has 0 aliphatic heterocycles. The molecule has 0 aliphatic carbocycles. The first-order chi connectivity index (χ1) is 12.0. The smallest absolute Gasteiger partial charge is 0.244 e. The Hall–Kier alpha value is -2.67. The number of carbonyl (C=O) groups is 2. The van der Waals surface area contributed by atoms with Crippen molar-refractivity contribution in [3.05, 3.63) is 48.2 Å². The Morgan fingerprint density at radius 2 is 1.92 bits per heavy atom. The van der Waals surface area contributed by atoms with Gasteiger partial charge in [0, 0.05) is 12.6 Å². The van der Waals surface area contributed by atoms with Gasteiger partial charge in [0.05, 0.1) is 18.8 Å². The third kappa shape index (κ3) is 5.72. The third-order valence-corrected chi connectivity index (χ3v) is 3.88. The number of nitrogens with zero attached hydrogens (tertiary/aromatic N) is 2. The van der Waals surface area contributed by atoms with E-state index >= 15 is 0 Å². The van der Waals surface area contributed by atoms with E-state index in [-0.39, 0.29) is 24.3 Å². The topological polar surface area (TPSA) is 102 Å². The van der Waals surface area contributed by atoms with Crippen molar-refractivity contribution in [1.29, 1.82) is 0 Å². The normalized spacial score (nSPS) is 12.0. The van der Waals surface area contributed by atoms with Crippen LogP contribution in [0.2, 0.25) is 0 Å². The number of aryl methyl sites for hydroxylation is 2. The zero-order valence-electron chi connectivity index (χ0n) is 14.6. The molecule has 0 saturated carbocycles. The first-order valence-corrected chi connectivity index (χ1v) is 8.36. The molecule has 4 N–H and O–H groups in total. The minimum atomic E-state index is -0.621. The number of hydrogen-bond donors (Lipinski definition) is 3. The van der Waals surface area contributed by atoms with Crippen LogP contribution in [0.5, 0.6) is 0 Å². The van der Waals surface area contributed by atoms with Gasteiger partial charge in [-0.15, -0.1) is 0 Å². The zero-order valence-corrected chi connectivity index (χ0v) is 14.6. The number of aromatic nitrogens is 2. The summed E-state index contributed by atoms with van der Waals surface area (Å²) in [6.45, 7) is 4.24. The maximum atomic E-state index is 12.0. The number of benzene rings is 1. The van der Waals surface area contributed by atoms with Gasteiger partial charge in [0.2, 0.25) is 11.8 Å². The fourth-order valence-corrected chi connectivity index (χ4v) is 2.27. The lowest BCUT2D eigenvalue weighted by molar-refractivity contribution is -0.125. The maximum Gasteiger partial charge on any atom is 0.244 e. The third-order valence-electron chi connectivity index (χ3n) is 3.88. The van der Waals surface area contributed by atoms with Crippen LogP contribution >= 0.6 is 0 Å². The zero-order chi connectivity index (χ0) is 18.2.